The second-order valence-corrected chi connectivity index (χ2v) is 16.0. The van der Waals surface area contributed by atoms with Crippen LogP contribution < -0.4 is 5.73 Å². The molecule has 8 atom stereocenters. The summed E-state index contributed by atoms with van der Waals surface area (Å²) in [6.45, 7) is 17.3. The average molecular weight is 470 g/mol. The lowest BCUT2D eigenvalue weighted by Crippen LogP contribution is -2.78. The quantitative estimate of drug-likeness (QED) is 0.366. The summed E-state index contributed by atoms with van der Waals surface area (Å²) < 4.78 is -0.0169. The van der Waals surface area contributed by atoms with Gasteiger partial charge in [0.1, 0.15) is 0 Å². The van der Waals surface area contributed by atoms with Crippen molar-refractivity contribution in [2.75, 3.05) is 5.75 Å². The molecule has 5 unspecified atom stereocenters. The summed E-state index contributed by atoms with van der Waals surface area (Å²) in [5.41, 5.74) is 8.39. The molecule has 4 aliphatic rings. The van der Waals surface area contributed by atoms with Gasteiger partial charge in [-0.05, 0) is 90.6 Å². The first-order valence-electron chi connectivity index (χ1n) is 12.6. The van der Waals surface area contributed by atoms with Crippen LogP contribution in [0, 0.1) is 39.9 Å². The third kappa shape index (κ3) is 2.87. The largest absolute Gasteiger partial charge is 0.315 e. The van der Waals surface area contributed by atoms with Crippen molar-refractivity contribution in [3.05, 3.63) is 0 Å². The Bertz CT molecular complexity index is 692. The predicted molar refractivity (Wildman–Crippen MR) is 141 cm³/mol. The Kier molecular flexibility index (Phi) is 5.84. The van der Waals surface area contributed by atoms with E-state index in [2.05, 4.69) is 60.2 Å². The zero-order valence-electron chi connectivity index (χ0n) is 20.6. The van der Waals surface area contributed by atoms with E-state index in [0.717, 1.165) is 12.2 Å². The fourth-order valence-corrected chi connectivity index (χ4v) is 13.1. The number of hydrogen-bond donors (Lipinski definition) is 3. The molecule has 0 aromatic heterocycles. The highest BCUT2D eigenvalue weighted by atomic mass is 32.2. The third-order valence-corrected chi connectivity index (χ3v) is 15.0. The first-order chi connectivity index (χ1) is 13.7. The molecule has 3 aliphatic carbocycles. The first kappa shape index (κ1) is 24.1. The van der Waals surface area contributed by atoms with Crippen LogP contribution >= 0.6 is 37.0 Å². The Labute approximate surface area is 202 Å². The van der Waals surface area contributed by atoms with Gasteiger partial charge in [0.15, 0.2) is 0 Å². The number of thiol groups is 2. The first-order valence-corrected chi connectivity index (χ1v) is 14.5. The molecule has 30 heavy (non-hydrogen) atoms. The van der Waals surface area contributed by atoms with Gasteiger partial charge in [0.2, 0.25) is 0 Å². The molecule has 4 heteroatoms. The van der Waals surface area contributed by atoms with E-state index in [4.69, 9.17) is 31.0 Å². The monoisotopic (exact) mass is 469 g/mol. The molecule has 0 aromatic rings. The van der Waals surface area contributed by atoms with Crippen molar-refractivity contribution in [3.63, 3.8) is 0 Å². The minimum Gasteiger partial charge on any atom is -0.315 e. The van der Waals surface area contributed by atoms with Crippen molar-refractivity contribution in [2.45, 2.75) is 114 Å². The van der Waals surface area contributed by atoms with E-state index in [1.807, 2.05) is 0 Å². The Balaban J connectivity index is 1.81. The average Bonchev–Trinajstić information content (AvgIpc) is 2.64. The molecular formula is C26H47NS3. The fourth-order valence-electron chi connectivity index (χ4n) is 8.92. The molecule has 0 radical (unpaired) electrons. The molecule has 0 spiro atoms. The molecule has 174 valence electrons. The molecule has 1 saturated heterocycles. The minimum absolute atomic E-state index is 0.103. The van der Waals surface area contributed by atoms with Crippen molar-refractivity contribution in [2.24, 2.45) is 45.7 Å². The van der Waals surface area contributed by atoms with Gasteiger partial charge in [0, 0.05) is 9.49 Å². The Morgan fingerprint density at radius 3 is 2.20 bits per heavy atom. The van der Waals surface area contributed by atoms with Gasteiger partial charge in [-0.1, -0.05) is 54.9 Å². The predicted octanol–water partition coefficient (Wildman–Crippen LogP) is 7.45. The Hall–Kier alpha value is 1.01. The molecule has 2 N–H and O–H groups in total. The maximum absolute atomic E-state index is 7.56. The van der Waals surface area contributed by atoms with Crippen molar-refractivity contribution in [3.8, 4) is 0 Å². The van der Waals surface area contributed by atoms with Gasteiger partial charge < -0.3 is 5.73 Å². The van der Waals surface area contributed by atoms with Crippen LogP contribution in [-0.4, -0.2) is 20.1 Å². The fraction of sp³-hybridized carbons (Fsp3) is 1.00. The Morgan fingerprint density at radius 2 is 1.57 bits per heavy atom. The highest BCUT2D eigenvalue weighted by Gasteiger charge is 2.74. The zero-order chi connectivity index (χ0) is 22.4. The van der Waals surface area contributed by atoms with Crippen LogP contribution in [0.15, 0.2) is 0 Å². The number of nitrogens with two attached hydrogens (primary N) is 1. The second-order valence-electron chi connectivity index (χ2n) is 13.2. The molecule has 4 rings (SSSR count). The maximum Gasteiger partial charge on any atom is 0.0805 e. The lowest BCUT2D eigenvalue weighted by molar-refractivity contribution is -0.102. The lowest BCUT2D eigenvalue weighted by atomic mass is 9.42. The summed E-state index contributed by atoms with van der Waals surface area (Å²) in [5.74, 6) is 3.64. The molecule has 0 amide bonds. The standard InChI is InChI=1S/C26H47NS3/c1-8-9-19-22(5,6)14-15-24(28)23(7)13-11-18-21(3,4)12-10-17(2)25(18,29)20(23)16-30-26(19,24)27/h17-20,28-29H,8-16,27H2,1-7H3/t17?,18-,19-,20?,23?,24+,25?,26?/m0/s1. The van der Waals surface area contributed by atoms with Crippen LogP contribution in [0.1, 0.15) is 99.8 Å². The number of hydrogen-bond acceptors (Lipinski definition) is 4. The number of rotatable bonds is 2. The molecule has 0 aromatic carbocycles. The summed E-state index contributed by atoms with van der Waals surface area (Å²) >= 11 is 13.5. The highest BCUT2D eigenvalue weighted by Crippen LogP contribution is 2.75. The topological polar surface area (TPSA) is 26.0 Å². The third-order valence-electron chi connectivity index (χ3n) is 11.0. The Morgan fingerprint density at radius 1 is 0.900 bits per heavy atom. The number of fused-ring (bicyclic) bond motifs is 5. The van der Waals surface area contributed by atoms with Crippen molar-refractivity contribution < 1.29 is 0 Å². The van der Waals surface area contributed by atoms with E-state index >= 15 is 0 Å². The maximum atomic E-state index is 7.56. The summed E-state index contributed by atoms with van der Waals surface area (Å²) in [6, 6.07) is 0. The molecule has 0 bridgehead atoms. The number of thioether (sulfide) groups is 1. The van der Waals surface area contributed by atoms with Gasteiger partial charge in [-0.2, -0.15) is 25.3 Å². The zero-order valence-corrected chi connectivity index (χ0v) is 23.2. The van der Waals surface area contributed by atoms with Crippen molar-refractivity contribution >= 4 is 37.0 Å². The van der Waals surface area contributed by atoms with Crippen LogP contribution in [0.25, 0.3) is 0 Å². The molecule has 4 fully saturated rings. The summed E-state index contributed by atoms with van der Waals surface area (Å²) in [4.78, 5) is -0.247. The summed E-state index contributed by atoms with van der Waals surface area (Å²) in [5, 5.41) is 0. The van der Waals surface area contributed by atoms with Gasteiger partial charge in [-0.25, -0.2) is 0 Å². The van der Waals surface area contributed by atoms with E-state index in [-0.39, 0.29) is 19.8 Å². The van der Waals surface area contributed by atoms with Gasteiger partial charge >= 0.3 is 0 Å². The van der Waals surface area contributed by atoms with E-state index in [1.54, 1.807) is 0 Å². The van der Waals surface area contributed by atoms with Crippen LogP contribution in [0.3, 0.4) is 0 Å². The van der Waals surface area contributed by atoms with Gasteiger partial charge in [-0.15, -0.1) is 11.8 Å². The molecule has 1 heterocycles. The summed E-state index contributed by atoms with van der Waals surface area (Å²) in [6.07, 6.45) is 10.0. The van der Waals surface area contributed by atoms with Crippen LogP contribution in [0.5, 0.6) is 0 Å². The van der Waals surface area contributed by atoms with Crippen molar-refractivity contribution in [1.29, 1.82) is 0 Å². The van der Waals surface area contributed by atoms with E-state index in [1.165, 1.54) is 44.9 Å². The van der Waals surface area contributed by atoms with Crippen LogP contribution in [0.2, 0.25) is 0 Å². The summed E-state index contributed by atoms with van der Waals surface area (Å²) in [7, 11) is 0. The van der Waals surface area contributed by atoms with Gasteiger partial charge in [0.05, 0.1) is 4.87 Å². The normalized spacial score (nSPS) is 54.6. The second kappa shape index (κ2) is 7.25. The molecule has 3 saturated carbocycles. The highest BCUT2D eigenvalue weighted by molar-refractivity contribution is 8.01. The van der Waals surface area contributed by atoms with E-state index in [0.29, 0.717) is 34.5 Å². The van der Waals surface area contributed by atoms with Crippen LogP contribution in [-0.2, 0) is 0 Å². The minimum atomic E-state index is -0.247. The van der Waals surface area contributed by atoms with E-state index in [9.17, 15) is 0 Å². The van der Waals surface area contributed by atoms with Crippen LogP contribution in [0.4, 0.5) is 0 Å². The van der Waals surface area contributed by atoms with E-state index < -0.39 is 0 Å². The molecule has 1 aliphatic heterocycles. The molecular weight excluding hydrogens is 422 g/mol. The lowest BCUT2D eigenvalue weighted by Gasteiger charge is -2.74. The van der Waals surface area contributed by atoms with Crippen molar-refractivity contribution in [1.82, 2.24) is 0 Å². The molecule has 1 nitrogen and oxygen atoms in total. The SMILES string of the molecule is CCC[C@H]1C(C)(C)CC[C@@]2(S)C3(C)CC[C@H]4C(C)(C)CCC(C)C4(S)C3CSC12N. The van der Waals surface area contributed by atoms with Gasteiger partial charge in [-0.3, -0.25) is 0 Å². The smallest absolute Gasteiger partial charge is 0.0805 e. The van der Waals surface area contributed by atoms with Gasteiger partial charge in [0.25, 0.3) is 0 Å².